The summed E-state index contributed by atoms with van der Waals surface area (Å²) < 4.78 is 25.2. The zero-order valence-electron chi connectivity index (χ0n) is 16.2. The van der Waals surface area contributed by atoms with E-state index in [9.17, 15) is 18.8 Å². The minimum atomic E-state index is -0.871. The van der Waals surface area contributed by atoms with Crippen LogP contribution in [0.25, 0.3) is 6.08 Å². The van der Waals surface area contributed by atoms with Crippen LogP contribution in [0.2, 0.25) is 0 Å². The molecular weight excluding hydrogens is 391 g/mol. The van der Waals surface area contributed by atoms with Gasteiger partial charge in [0.05, 0.1) is 7.11 Å². The molecule has 1 heterocycles. The number of carbonyl (C=O) groups excluding carboxylic acids is 3. The number of rotatable bonds is 7. The van der Waals surface area contributed by atoms with Crippen LogP contribution in [0.3, 0.4) is 0 Å². The molecule has 2 aromatic carbocycles. The lowest BCUT2D eigenvalue weighted by Crippen LogP contribution is -2.51. The largest absolute Gasteiger partial charge is 0.493 e. The number of imide groups is 2. The van der Waals surface area contributed by atoms with E-state index in [-0.39, 0.29) is 18.0 Å². The van der Waals surface area contributed by atoms with Crippen molar-refractivity contribution in [1.29, 1.82) is 0 Å². The number of carbonyl (C=O) groups is 3. The smallest absolute Gasteiger partial charge is 0.328 e. The number of barbiturate groups is 1. The van der Waals surface area contributed by atoms with E-state index in [0.29, 0.717) is 34.6 Å². The molecule has 3 rings (SSSR count). The van der Waals surface area contributed by atoms with E-state index in [4.69, 9.17) is 9.47 Å². The molecule has 1 saturated heterocycles. The fourth-order valence-corrected chi connectivity index (χ4v) is 2.93. The average Bonchev–Trinajstić information content (AvgIpc) is 2.71. The highest BCUT2D eigenvalue weighted by atomic mass is 19.1. The zero-order valence-corrected chi connectivity index (χ0v) is 16.2. The molecule has 30 heavy (non-hydrogen) atoms. The number of hydrogen-bond donors (Lipinski definition) is 2. The number of ether oxygens (including phenoxy) is 2. The van der Waals surface area contributed by atoms with Gasteiger partial charge in [0.1, 0.15) is 18.0 Å². The van der Waals surface area contributed by atoms with E-state index in [1.165, 1.54) is 19.3 Å². The molecule has 7 nitrogen and oxygen atoms in total. The maximum atomic E-state index is 13.9. The molecular formula is C22H19FN2O5. The Labute approximate surface area is 172 Å². The van der Waals surface area contributed by atoms with Crippen LogP contribution in [-0.4, -0.2) is 25.0 Å². The molecule has 1 fully saturated rings. The minimum Gasteiger partial charge on any atom is -0.493 e. The van der Waals surface area contributed by atoms with Gasteiger partial charge in [-0.2, -0.15) is 0 Å². The fourth-order valence-electron chi connectivity index (χ4n) is 2.93. The molecule has 0 radical (unpaired) electrons. The molecule has 0 spiro atoms. The Kier molecular flexibility index (Phi) is 6.26. The number of urea groups is 1. The summed E-state index contributed by atoms with van der Waals surface area (Å²) >= 11 is 0. The first-order valence-corrected chi connectivity index (χ1v) is 8.99. The predicted molar refractivity (Wildman–Crippen MR) is 107 cm³/mol. The number of hydrogen-bond acceptors (Lipinski definition) is 5. The van der Waals surface area contributed by atoms with Gasteiger partial charge in [0.25, 0.3) is 11.8 Å². The Morgan fingerprint density at radius 1 is 1.07 bits per heavy atom. The van der Waals surface area contributed by atoms with Gasteiger partial charge in [0.2, 0.25) is 0 Å². The lowest BCUT2D eigenvalue weighted by Gasteiger charge is -2.17. The van der Waals surface area contributed by atoms with Crippen molar-refractivity contribution in [3.63, 3.8) is 0 Å². The number of allylic oxidation sites excluding steroid dienone is 1. The van der Waals surface area contributed by atoms with Crippen LogP contribution in [-0.2, 0) is 22.6 Å². The summed E-state index contributed by atoms with van der Waals surface area (Å²) in [5, 5.41) is 4.04. The van der Waals surface area contributed by atoms with Gasteiger partial charge in [-0.25, -0.2) is 9.18 Å². The highest BCUT2D eigenvalue weighted by Crippen LogP contribution is 2.35. The molecule has 4 amide bonds. The molecule has 0 aliphatic carbocycles. The van der Waals surface area contributed by atoms with Gasteiger partial charge in [-0.15, -0.1) is 6.58 Å². The van der Waals surface area contributed by atoms with Crippen molar-refractivity contribution >= 4 is 23.9 Å². The number of amides is 4. The Morgan fingerprint density at radius 3 is 2.40 bits per heavy atom. The van der Waals surface area contributed by atoms with E-state index in [1.54, 1.807) is 36.4 Å². The van der Waals surface area contributed by atoms with E-state index >= 15 is 0 Å². The van der Waals surface area contributed by atoms with Crippen molar-refractivity contribution in [3.8, 4) is 11.5 Å². The van der Waals surface area contributed by atoms with Gasteiger partial charge in [-0.3, -0.25) is 20.2 Å². The quantitative estimate of drug-likeness (QED) is 0.416. The number of methoxy groups -OCH3 is 1. The minimum absolute atomic E-state index is 0.0134. The summed E-state index contributed by atoms with van der Waals surface area (Å²) in [4.78, 5) is 35.2. The third-order valence-corrected chi connectivity index (χ3v) is 4.32. The second-order valence-electron chi connectivity index (χ2n) is 6.38. The van der Waals surface area contributed by atoms with Crippen LogP contribution in [0.4, 0.5) is 9.18 Å². The van der Waals surface area contributed by atoms with Crippen LogP contribution >= 0.6 is 0 Å². The number of benzene rings is 2. The summed E-state index contributed by atoms with van der Waals surface area (Å²) in [5.41, 5.74) is 1.31. The molecule has 0 bridgehead atoms. The summed E-state index contributed by atoms with van der Waals surface area (Å²) in [6.07, 6.45) is 3.39. The van der Waals surface area contributed by atoms with Crippen molar-refractivity contribution < 1.29 is 28.2 Å². The Balaban J connectivity index is 1.97. The third-order valence-electron chi connectivity index (χ3n) is 4.32. The first kappa shape index (κ1) is 20.8. The van der Waals surface area contributed by atoms with Gasteiger partial charge in [-0.05, 0) is 36.3 Å². The summed E-state index contributed by atoms with van der Waals surface area (Å²) in [6, 6.07) is 8.68. The highest BCUT2D eigenvalue weighted by molar-refractivity contribution is 6.31. The summed E-state index contributed by atoms with van der Waals surface area (Å²) in [6.45, 7) is 3.71. The SMILES string of the molecule is C=CCc1cc(C=C2C(=O)NC(=O)NC2=O)cc(OC)c1OCc1ccccc1F. The standard InChI is InChI=1S/C22H19FN2O5/c1-3-6-14-9-13(10-16-20(26)24-22(28)25-21(16)27)11-18(29-2)19(14)30-12-15-7-4-5-8-17(15)23/h3-5,7-11H,1,6,12H2,2H3,(H2,24,25,26,27,28). The first-order valence-electron chi connectivity index (χ1n) is 8.99. The highest BCUT2D eigenvalue weighted by Gasteiger charge is 2.28. The van der Waals surface area contributed by atoms with Gasteiger partial charge < -0.3 is 9.47 Å². The molecule has 0 saturated carbocycles. The second-order valence-corrected chi connectivity index (χ2v) is 6.38. The van der Waals surface area contributed by atoms with Crippen molar-refractivity contribution in [2.24, 2.45) is 0 Å². The Hall–Kier alpha value is -3.94. The fraction of sp³-hybridized carbons (Fsp3) is 0.136. The van der Waals surface area contributed by atoms with Crippen molar-refractivity contribution in [2.45, 2.75) is 13.0 Å². The molecule has 0 atom stereocenters. The molecule has 1 aliphatic rings. The van der Waals surface area contributed by atoms with Crippen LogP contribution < -0.4 is 20.1 Å². The van der Waals surface area contributed by atoms with Crippen molar-refractivity contribution in [2.75, 3.05) is 7.11 Å². The van der Waals surface area contributed by atoms with Crippen LogP contribution in [0.1, 0.15) is 16.7 Å². The molecule has 0 aromatic heterocycles. The normalized spacial score (nSPS) is 13.4. The van der Waals surface area contributed by atoms with E-state index in [1.807, 2.05) is 10.6 Å². The monoisotopic (exact) mass is 410 g/mol. The van der Waals surface area contributed by atoms with Crippen molar-refractivity contribution in [3.05, 3.63) is 77.1 Å². The maximum Gasteiger partial charge on any atom is 0.328 e. The molecule has 2 aromatic rings. The molecule has 8 heteroatoms. The predicted octanol–water partition coefficient (Wildman–Crippen LogP) is 2.89. The van der Waals surface area contributed by atoms with Crippen LogP contribution in [0, 0.1) is 5.82 Å². The number of nitrogens with one attached hydrogen (secondary N) is 2. The molecule has 2 N–H and O–H groups in total. The summed E-state index contributed by atoms with van der Waals surface area (Å²) in [5.74, 6) is -1.24. The van der Waals surface area contributed by atoms with E-state index in [0.717, 1.165) is 0 Å². The van der Waals surface area contributed by atoms with Crippen LogP contribution in [0.15, 0.2) is 54.6 Å². The van der Waals surface area contributed by atoms with Gasteiger partial charge in [0.15, 0.2) is 11.5 Å². The van der Waals surface area contributed by atoms with Gasteiger partial charge in [0, 0.05) is 11.1 Å². The topological polar surface area (TPSA) is 93.7 Å². The maximum absolute atomic E-state index is 13.9. The lowest BCUT2D eigenvalue weighted by molar-refractivity contribution is -0.123. The van der Waals surface area contributed by atoms with Gasteiger partial charge >= 0.3 is 6.03 Å². The van der Waals surface area contributed by atoms with Crippen molar-refractivity contribution in [1.82, 2.24) is 10.6 Å². The first-order chi connectivity index (χ1) is 14.4. The Bertz CT molecular complexity index is 1040. The number of halogens is 1. The van der Waals surface area contributed by atoms with Gasteiger partial charge in [-0.1, -0.05) is 24.3 Å². The second kappa shape index (κ2) is 9.04. The molecule has 154 valence electrons. The lowest BCUT2D eigenvalue weighted by atomic mass is 10.0. The average molecular weight is 410 g/mol. The van der Waals surface area contributed by atoms with E-state index in [2.05, 4.69) is 6.58 Å². The molecule has 1 aliphatic heterocycles. The zero-order chi connectivity index (χ0) is 21.7. The molecule has 0 unspecified atom stereocenters. The summed E-state index contributed by atoms with van der Waals surface area (Å²) in [7, 11) is 1.44. The Morgan fingerprint density at radius 2 is 1.77 bits per heavy atom. The third kappa shape index (κ3) is 4.54. The van der Waals surface area contributed by atoms with Crippen LogP contribution in [0.5, 0.6) is 11.5 Å². The van der Waals surface area contributed by atoms with E-state index < -0.39 is 17.8 Å².